The van der Waals surface area contributed by atoms with Crippen molar-refractivity contribution in [3.05, 3.63) is 59.7 Å². The van der Waals surface area contributed by atoms with E-state index < -0.39 is 16.1 Å². The molecule has 0 N–H and O–H groups in total. The van der Waals surface area contributed by atoms with Crippen LogP contribution in [-0.2, 0) is 21.4 Å². The van der Waals surface area contributed by atoms with Crippen LogP contribution in [0.15, 0.2) is 48.5 Å². The Bertz CT molecular complexity index is 877. The first-order chi connectivity index (χ1) is 12.6. The molecule has 0 saturated heterocycles. The summed E-state index contributed by atoms with van der Waals surface area (Å²) < 4.78 is 31.0. The summed E-state index contributed by atoms with van der Waals surface area (Å²) in [6.45, 7) is 4.00. The Morgan fingerprint density at radius 3 is 2.11 bits per heavy atom. The summed E-state index contributed by atoms with van der Waals surface area (Å²) in [5, 5.41) is 0. The zero-order valence-electron chi connectivity index (χ0n) is 16.3. The molecule has 0 fully saturated rings. The first kappa shape index (κ1) is 20.8. The van der Waals surface area contributed by atoms with Crippen molar-refractivity contribution < 1.29 is 17.9 Å². The minimum Gasteiger partial charge on any atom is -0.497 e. The van der Waals surface area contributed by atoms with E-state index in [2.05, 4.69) is 0 Å². The van der Waals surface area contributed by atoms with Gasteiger partial charge >= 0.3 is 0 Å². The maximum atomic E-state index is 12.9. The SMILES string of the molecule is COc1ccc(N([C@H](C)C(=O)N(C)Cc2ccc(C)cc2)S(C)(=O)=O)cc1. The van der Waals surface area contributed by atoms with Crippen LogP contribution in [0.25, 0.3) is 0 Å². The first-order valence-corrected chi connectivity index (χ1v) is 10.4. The molecule has 0 radical (unpaired) electrons. The van der Waals surface area contributed by atoms with Crippen LogP contribution in [0.3, 0.4) is 0 Å². The molecule has 0 aliphatic carbocycles. The van der Waals surface area contributed by atoms with E-state index in [-0.39, 0.29) is 5.91 Å². The van der Waals surface area contributed by atoms with E-state index in [1.54, 1.807) is 38.2 Å². The van der Waals surface area contributed by atoms with Gasteiger partial charge in [-0.05, 0) is 43.7 Å². The number of benzene rings is 2. The molecule has 0 bridgehead atoms. The summed E-state index contributed by atoms with van der Waals surface area (Å²) in [6.07, 6.45) is 1.10. The Morgan fingerprint density at radius 1 is 1.07 bits per heavy atom. The molecule has 1 amide bonds. The second-order valence-corrected chi connectivity index (χ2v) is 8.47. The number of aryl methyl sites for hydroxylation is 1. The topological polar surface area (TPSA) is 66.9 Å². The lowest BCUT2D eigenvalue weighted by atomic mass is 10.1. The first-order valence-electron chi connectivity index (χ1n) is 8.57. The molecule has 0 aliphatic heterocycles. The van der Waals surface area contributed by atoms with Gasteiger partial charge in [0.05, 0.1) is 19.1 Å². The van der Waals surface area contributed by atoms with Crippen molar-refractivity contribution in [2.45, 2.75) is 26.4 Å². The fraction of sp³-hybridized carbons (Fsp3) is 0.350. The van der Waals surface area contributed by atoms with Crippen LogP contribution in [-0.4, -0.2) is 45.7 Å². The van der Waals surface area contributed by atoms with Crippen LogP contribution in [0.2, 0.25) is 0 Å². The third-order valence-corrected chi connectivity index (χ3v) is 5.55. The van der Waals surface area contributed by atoms with Gasteiger partial charge < -0.3 is 9.64 Å². The number of likely N-dealkylation sites (N-methyl/N-ethyl adjacent to an activating group) is 1. The van der Waals surface area contributed by atoms with E-state index in [9.17, 15) is 13.2 Å². The summed E-state index contributed by atoms with van der Waals surface area (Å²) >= 11 is 0. The van der Waals surface area contributed by atoms with Gasteiger partial charge in [-0.15, -0.1) is 0 Å². The van der Waals surface area contributed by atoms with Crippen molar-refractivity contribution in [1.82, 2.24) is 4.90 Å². The number of carbonyl (C=O) groups is 1. The molecule has 0 aliphatic rings. The van der Waals surface area contributed by atoms with Crippen molar-refractivity contribution >= 4 is 21.6 Å². The summed E-state index contributed by atoms with van der Waals surface area (Å²) in [7, 11) is -0.438. The van der Waals surface area contributed by atoms with Crippen LogP contribution >= 0.6 is 0 Å². The number of ether oxygens (including phenoxy) is 1. The molecule has 2 aromatic carbocycles. The maximum absolute atomic E-state index is 12.9. The van der Waals surface area contributed by atoms with Crippen LogP contribution in [0.5, 0.6) is 5.75 Å². The second-order valence-electron chi connectivity index (χ2n) is 6.61. The molecule has 27 heavy (non-hydrogen) atoms. The van der Waals surface area contributed by atoms with Crippen molar-refractivity contribution in [2.75, 3.05) is 24.7 Å². The Hall–Kier alpha value is -2.54. The van der Waals surface area contributed by atoms with Gasteiger partial charge in [0.1, 0.15) is 11.8 Å². The van der Waals surface area contributed by atoms with Gasteiger partial charge in [-0.25, -0.2) is 8.42 Å². The molecule has 6 nitrogen and oxygen atoms in total. The molecular weight excluding hydrogens is 364 g/mol. The average molecular weight is 391 g/mol. The highest BCUT2D eigenvalue weighted by Gasteiger charge is 2.31. The predicted molar refractivity (Wildman–Crippen MR) is 107 cm³/mol. The molecule has 2 rings (SSSR count). The van der Waals surface area contributed by atoms with E-state index in [0.717, 1.165) is 21.7 Å². The smallest absolute Gasteiger partial charge is 0.246 e. The van der Waals surface area contributed by atoms with Gasteiger partial charge in [-0.3, -0.25) is 9.10 Å². The van der Waals surface area contributed by atoms with Crippen molar-refractivity contribution in [1.29, 1.82) is 0 Å². The number of carbonyl (C=O) groups excluding carboxylic acids is 1. The number of hydrogen-bond donors (Lipinski definition) is 0. The lowest BCUT2D eigenvalue weighted by Crippen LogP contribution is -2.48. The molecule has 0 spiro atoms. The maximum Gasteiger partial charge on any atom is 0.246 e. The Morgan fingerprint density at radius 2 is 1.63 bits per heavy atom. The normalized spacial score (nSPS) is 12.3. The third-order valence-electron chi connectivity index (χ3n) is 4.31. The number of nitrogens with zero attached hydrogens (tertiary/aromatic N) is 2. The molecule has 0 aromatic heterocycles. The van der Waals surface area contributed by atoms with E-state index >= 15 is 0 Å². The predicted octanol–water partition coefficient (Wildman–Crippen LogP) is 2.82. The largest absolute Gasteiger partial charge is 0.497 e. The van der Waals surface area contributed by atoms with Crippen molar-refractivity contribution in [3.63, 3.8) is 0 Å². The second kappa shape index (κ2) is 8.43. The van der Waals surface area contributed by atoms with Crippen LogP contribution in [0.1, 0.15) is 18.1 Å². The quantitative estimate of drug-likeness (QED) is 0.729. The molecule has 1 atom stereocenters. The van der Waals surface area contributed by atoms with Crippen LogP contribution < -0.4 is 9.04 Å². The third kappa shape index (κ3) is 5.23. The standard InChI is InChI=1S/C20H26N2O4S/c1-15-6-8-17(9-7-15)14-21(3)20(23)16(2)22(27(5,24)25)18-10-12-19(26-4)13-11-18/h6-13,16H,14H2,1-5H3/t16-/m1/s1. The van der Waals surface area contributed by atoms with Crippen LogP contribution in [0, 0.1) is 6.92 Å². The molecule has 0 heterocycles. The van der Waals surface area contributed by atoms with Gasteiger partial charge in [0.2, 0.25) is 15.9 Å². The lowest BCUT2D eigenvalue weighted by Gasteiger charge is -2.31. The van der Waals surface area contributed by atoms with Gasteiger partial charge in [0, 0.05) is 13.6 Å². The van der Waals surface area contributed by atoms with E-state index in [0.29, 0.717) is 18.0 Å². The highest BCUT2D eigenvalue weighted by Crippen LogP contribution is 2.24. The van der Waals surface area contributed by atoms with Gasteiger partial charge in [0.15, 0.2) is 0 Å². The zero-order chi connectivity index (χ0) is 20.2. The lowest BCUT2D eigenvalue weighted by molar-refractivity contribution is -0.131. The Labute approximate surface area is 161 Å². The highest BCUT2D eigenvalue weighted by molar-refractivity contribution is 7.92. The summed E-state index contributed by atoms with van der Waals surface area (Å²) in [5.74, 6) is 0.333. The van der Waals surface area contributed by atoms with Gasteiger partial charge in [-0.1, -0.05) is 29.8 Å². The van der Waals surface area contributed by atoms with E-state index in [1.807, 2.05) is 31.2 Å². The molecule has 2 aromatic rings. The minimum absolute atomic E-state index is 0.281. The molecule has 7 heteroatoms. The number of amides is 1. The van der Waals surface area contributed by atoms with Crippen LogP contribution in [0.4, 0.5) is 5.69 Å². The molecular formula is C20H26N2O4S. The molecule has 0 saturated carbocycles. The fourth-order valence-electron chi connectivity index (χ4n) is 2.90. The van der Waals surface area contributed by atoms with Crippen molar-refractivity contribution in [3.8, 4) is 5.75 Å². The Kier molecular flexibility index (Phi) is 6.49. The van der Waals surface area contributed by atoms with Gasteiger partial charge in [0.25, 0.3) is 0 Å². The zero-order valence-corrected chi connectivity index (χ0v) is 17.2. The Balaban J connectivity index is 2.24. The summed E-state index contributed by atoms with van der Waals surface area (Å²) in [6, 6.07) is 13.6. The number of hydrogen-bond acceptors (Lipinski definition) is 4. The number of methoxy groups -OCH3 is 1. The number of anilines is 1. The molecule has 146 valence electrons. The summed E-state index contributed by atoms with van der Waals surface area (Å²) in [5.41, 5.74) is 2.55. The highest BCUT2D eigenvalue weighted by atomic mass is 32.2. The minimum atomic E-state index is -3.65. The van der Waals surface area contributed by atoms with E-state index in [4.69, 9.17) is 4.74 Å². The van der Waals surface area contributed by atoms with E-state index in [1.165, 1.54) is 12.0 Å². The summed E-state index contributed by atoms with van der Waals surface area (Å²) in [4.78, 5) is 14.4. The number of sulfonamides is 1. The van der Waals surface area contributed by atoms with Gasteiger partial charge in [-0.2, -0.15) is 0 Å². The monoisotopic (exact) mass is 390 g/mol. The average Bonchev–Trinajstić information content (AvgIpc) is 2.62. The number of rotatable bonds is 7. The fourth-order valence-corrected chi connectivity index (χ4v) is 4.07. The molecule has 0 unspecified atom stereocenters. The van der Waals surface area contributed by atoms with Crippen molar-refractivity contribution in [2.24, 2.45) is 0 Å².